The topological polar surface area (TPSA) is 49.3 Å². The molecule has 17 heavy (non-hydrogen) atoms. The van der Waals surface area contributed by atoms with Crippen LogP contribution in [0.1, 0.15) is 26.3 Å². The number of nitrogens with one attached hydrogen (secondary N) is 1. The Bertz CT molecular complexity index is 385. The van der Waals surface area contributed by atoms with Crippen molar-refractivity contribution in [2.75, 3.05) is 0 Å². The smallest absolute Gasteiger partial charge is 0.224 e. The monoisotopic (exact) mass is 255 g/mol. The minimum absolute atomic E-state index is 0.113. The second kappa shape index (κ2) is 5.52. The van der Waals surface area contributed by atoms with Gasteiger partial charge in [0.25, 0.3) is 0 Å². The van der Waals surface area contributed by atoms with E-state index in [1.54, 1.807) is 32.9 Å². The predicted molar refractivity (Wildman–Crippen MR) is 69.1 cm³/mol. The van der Waals surface area contributed by atoms with Gasteiger partial charge in [-0.2, -0.15) is 0 Å². The first kappa shape index (κ1) is 14.0. The number of benzene rings is 1. The molecule has 0 aliphatic rings. The third-order valence-corrected chi connectivity index (χ3v) is 3.04. The van der Waals surface area contributed by atoms with E-state index in [0.717, 1.165) is 5.56 Å². The molecular weight excluding hydrogens is 238 g/mol. The highest BCUT2D eigenvalue weighted by Crippen LogP contribution is 2.12. The number of aliphatic hydroxyl groups is 1. The Morgan fingerprint density at radius 1 is 1.41 bits per heavy atom. The fourth-order valence-corrected chi connectivity index (χ4v) is 1.42. The highest BCUT2D eigenvalue weighted by atomic mass is 35.5. The number of rotatable bonds is 4. The number of aliphatic hydroxyl groups excluding tert-OH is 1. The highest BCUT2D eigenvalue weighted by molar-refractivity contribution is 6.30. The summed E-state index contributed by atoms with van der Waals surface area (Å²) < 4.78 is 0. The summed E-state index contributed by atoms with van der Waals surface area (Å²) >= 11 is 5.76. The standard InChI is InChI=1S/C13H18ClNO2/c1-9(16)13(2,3)15-12(17)8-10-4-6-11(14)7-5-10/h4-7,9,16H,8H2,1-3H3,(H,15,17). The third-order valence-electron chi connectivity index (χ3n) is 2.78. The van der Waals surface area contributed by atoms with Gasteiger partial charge in [-0.1, -0.05) is 23.7 Å². The summed E-state index contributed by atoms with van der Waals surface area (Å²) in [6, 6.07) is 7.14. The van der Waals surface area contributed by atoms with Crippen LogP contribution in [0.25, 0.3) is 0 Å². The maximum absolute atomic E-state index is 11.8. The normalized spacial score (nSPS) is 13.2. The van der Waals surface area contributed by atoms with Crippen molar-refractivity contribution in [3.63, 3.8) is 0 Å². The van der Waals surface area contributed by atoms with Crippen molar-refractivity contribution in [1.82, 2.24) is 5.32 Å². The van der Waals surface area contributed by atoms with E-state index in [1.165, 1.54) is 0 Å². The molecule has 0 heterocycles. The average molecular weight is 256 g/mol. The zero-order chi connectivity index (χ0) is 13.1. The molecule has 1 unspecified atom stereocenters. The summed E-state index contributed by atoms with van der Waals surface area (Å²) in [7, 11) is 0. The van der Waals surface area contributed by atoms with E-state index >= 15 is 0 Å². The van der Waals surface area contributed by atoms with Gasteiger partial charge in [0.05, 0.1) is 18.1 Å². The van der Waals surface area contributed by atoms with E-state index in [1.807, 2.05) is 12.1 Å². The SMILES string of the molecule is CC(O)C(C)(C)NC(=O)Cc1ccc(Cl)cc1. The molecule has 4 heteroatoms. The van der Waals surface area contributed by atoms with Crippen molar-refractivity contribution in [2.24, 2.45) is 0 Å². The van der Waals surface area contributed by atoms with Crippen LogP contribution in [0.2, 0.25) is 5.02 Å². The van der Waals surface area contributed by atoms with Crippen LogP contribution < -0.4 is 5.32 Å². The number of hydrogen-bond acceptors (Lipinski definition) is 2. The number of hydrogen-bond donors (Lipinski definition) is 2. The molecule has 0 saturated heterocycles. The van der Waals surface area contributed by atoms with Crippen LogP contribution in [0, 0.1) is 0 Å². The van der Waals surface area contributed by atoms with Gasteiger partial charge in [-0.25, -0.2) is 0 Å². The first-order chi connectivity index (χ1) is 7.81. The minimum atomic E-state index is -0.622. The number of carbonyl (C=O) groups is 1. The van der Waals surface area contributed by atoms with Gasteiger partial charge in [-0.15, -0.1) is 0 Å². The van der Waals surface area contributed by atoms with Crippen LogP contribution in [0.4, 0.5) is 0 Å². The first-order valence-electron chi connectivity index (χ1n) is 5.55. The van der Waals surface area contributed by atoms with Gasteiger partial charge in [0.15, 0.2) is 0 Å². The molecule has 1 rings (SSSR count). The van der Waals surface area contributed by atoms with Gasteiger partial charge in [-0.3, -0.25) is 4.79 Å². The van der Waals surface area contributed by atoms with E-state index in [2.05, 4.69) is 5.32 Å². The van der Waals surface area contributed by atoms with E-state index < -0.39 is 11.6 Å². The Morgan fingerprint density at radius 2 is 1.94 bits per heavy atom. The van der Waals surface area contributed by atoms with Crippen LogP contribution in [-0.2, 0) is 11.2 Å². The average Bonchev–Trinajstić information content (AvgIpc) is 2.20. The van der Waals surface area contributed by atoms with Crippen molar-refractivity contribution in [3.8, 4) is 0 Å². The van der Waals surface area contributed by atoms with Gasteiger partial charge >= 0.3 is 0 Å². The Balaban J connectivity index is 2.59. The molecule has 0 bridgehead atoms. The molecule has 1 aromatic rings. The van der Waals surface area contributed by atoms with Crippen LogP contribution in [0.15, 0.2) is 24.3 Å². The van der Waals surface area contributed by atoms with Crippen molar-refractivity contribution >= 4 is 17.5 Å². The van der Waals surface area contributed by atoms with E-state index in [4.69, 9.17) is 11.6 Å². The predicted octanol–water partition coefficient (Wildman–Crippen LogP) is 2.16. The molecular formula is C13H18ClNO2. The maximum Gasteiger partial charge on any atom is 0.224 e. The molecule has 0 radical (unpaired) electrons. The second-order valence-corrected chi connectivity index (χ2v) is 5.19. The Morgan fingerprint density at radius 3 is 2.41 bits per heavy atom. The lowest BCUT2D eigenvalue weighted by molar-refractivity contribution is -0.123. The molecule has 2 N–H and O–H groups in total. The fourth-order valence-electron chi connectivity index (χ4n) is 1.30. The lowest BCUT2D eigenvalue weighted by Gasteiger charge is -2.29. The van der Waals surface area contributed by atoms with Crippen molar-refractivity contribution in [2.45, 2.75) is 38.8 Å². The zero-order valence-electron chi connectivity index (χ0n) is 10.3. The summed E-state index contributed by atoms with van der Waals surface area (Å²) in [6.07, 6.45) is -0.315. The molecule has 1 aromatic carbocycles. The minimum Gasteiger partial charge on any atom is -0.391 e. The van der Waals surface area contributed by atoms with Gasteiger partial charge in [-0.05, 0) is 38.5 Å². The summed E-state index contributed by atoms with van der Waals surface area (Å²) in [5.74, 6) is -0.113. The summed E-state index contributed by atoms with van der Waals surface area (Å²) in [5.41, 5.74) is 0.275. The Kier molecular flexibility index (Phi) is 4.54. The second-order valence-electron chi connectivity index (χ2n) is 4.75. The van der Waals surface area contributed by atoms with Gasteiger partial charge in [0.2, 0.25) is 5.91 Å². The quantitative estimate of drug-likeness (QED) is 0.866. The van der Waals surface area contributed by atoms with E-state index in [-0.39, 0.29) is 12.3 Å². The Labute approximate surface area is 107 Å². The number of carbonyl (C=O) groups excluding carboxylic acids is 1. The Hall–Kier alpha value is -1.06. The molecule has 94 valence electrons. The van der Waals surface area contributed by atoms with Gasteiger partial charge < -0.3 is 10.4 Å². The molecule has 0 spiro atoms. The largest absolute Gasteiger partial charge is 0.391 e. The van der Waals surface area contributed by atoms with Crippen LogP contribution in [0.5, 0.6) is 0 Å². The van der Waals surface area contributed by atoms with Gasteiger partial charge in [0, 0.05) is 5.02 Å². The zero-order valence-corrected chi connectivity index (χ0v) is 11.1. The van der Waals surface area contributed by atoms with Crippen molar-refractivity contribution < 1.29 is 9.90 Å². The van der Waals surface area contributed by atoms with Crippen LogP contribution in [-0.4, -0.2) is 22.7 Å². The summed E-state index contributed by atoms with van der Waals surface area (Å²) in [6.45, 7) is 5.23. The maximum atomic E-state index is 11.8. The molecule has 0 aliphatic heterocycles. The third kappa shape index (κ3) is 4.36. The van der Waals surface area contributed by atoms with Crippen LogP contribution in [0.3, 0.4) is 0 Å². The van der Waals surface area contributed by atoms with Gasteiger partial charge in [0.1, 0.15) is 0 Å². The van der Waals surface area contributed by atoms with Crippen LogP contribution >= 0.6 is 11.6 Å². The molecule has 3 nitrogen and oxygen atoms in total. The summed E-state index contributed by atoms with van der Waals surface area (Å²) in [4.78, 5) is 11.8. The molecule has 1 amide bonds. The first-order valence-corrected chi connectivity index (χ1v) is 5.92. The van der Waals surface area contributed by atoms with Crippen molar-refractivity contribution in [1.29, 1.82) is 0 Å². The number of amides is 1. The van der Waals surface area contributed by atoms with E-state index in [0.29, 0.717) is 5.02 Å². The lowest BCUT2D eigenvalue weighted by atomic mass is 9.98. The lowest BCUT2D eigenvalue weighted by Crippen LogP contribution is -2.51. The molecule has 0 saturated carbocycles. The molecule has 0 aliphatic carbocycles. The van der Waals surface area contributed by atoms with E-state index in [9.17, 15) is 9.90 Å². The number of halogens is 1. The summed E-state index contributed by atoms with van der Waals surface area (Å²) in [5, 5.41) is 12.9. The molecule has 1 atom stereocenters. The fraction of sp³-hybridized carbons (Fsp3) is 0.462. The highest BCUT2D eigenvalue weighted by Gasteiger charge is 2.25. The molecule has 0 aromatic heterocycles. The van der Waals surface area contributed by atoms with Crippen molar-refractivity contribution in [3.05, 3.63) is 34.9 Å². The molecule has 0 fully saturated rings.